The van der Waals surface area contributed by atoms with Crippen LogP contribution in [0.2, 0.25) is 0 Å². The second-order valence-corrected chi connectivity index (χ2v) is 5.01. The standard InChI is InChI=1S/C13H16F5N3O3/c1-4-22-9-8(6-19-10(20-9)23-5-2)12(15)11(14,13(16,17)18)7-21(3)24-12/h6H,4-5,7H2,1-3H3/t11-,12+/m0/s1. The lowest BCUT2D eigenvalue weighted by Crippen LogP contribution is -2.55. The van der Waals surface area contributed by atoms with E-state index in [1.165, 1.54) is 6.92 Å². The van der Waals surface area contributed by atoms with E-state index in [1.54, 1.807) is 6.92 Å². The quantitative estimate of drug-likeness (QED) is 0.755. The first-order valence-corrected chi connectivity index (χ1v) is 7.07. The third-order valence-electron chi connectivity index (χ3n) is 3.31. The van der Waals surface area contributed by atoms with E-state index >= 15 is 4.39 Å². The van der Waals surface area contributed by atoms with Crippen molar-refractivity contribution < 1.29 is 36.3 Å². The third-order valence-corrected chi connectivity index (χ3v) is 3.31. The van der Waals surface area contributed by atoms with Crippen LogP contribution in [-0.4, -0.2) is 53.7 Å². The zero-order valence-electron chi connectivity index (χ0n) is 13.2. The number of alkyl halides is 5. The summed E-state index contributed by atoms with van der Waals surface area (Å²) < 4.78 is 79.4. The van der Waals surface area contributed by atoms with Crippen LogP contribution in [0.3, 0.4) is 0 Å². The first-order chi connectivity index (χ1) is 11.1. The third kappa shape index (κ3) is 2.86. The normalized spacial score (nSPS) is 28.2. The summed E-state index contributed by atoms with van der Waals surface area (Å²) in [5, 5.41) is 0.430. The van der Waals surface area contributed by atoms with Gasteiger partial charge in [-0.25, -0.2) is 18.6 Å². The van der Waals surface area contributed by atoms with Crippen molar-refractivity contribution in [1.82, 2.24) is 15.0 Å². The molecule has 2 heterocycles. The minimum atomic E-state index is -5.53. The summed E-state index contributed by atoms with van der Waals surface area (Å²) >= 11 is 0. The van der Waals surface area contributed by atoms with Crippen LogP contribution in [-0.2, 0) is 10.7 Å². The fourth-order valence-corrected chi connectivity index (χ4v) is 2.28. The van der Waals surface area contributed by atoms with Crippen molar-refractivity contribution >= 4 is 0 Å². The molecule has 0 aliphatic carbocycles. The topological polar surface area (TPSA) is 56.7 Å². The maximum atomic E-state index is 15.2. The summed E-state index contributed by atoms with van der Waals surface area (Å²) in [4.78, 5) is 11.8. The molecule has 1 aliphatic heterocycles. The highest BCUT2D eigenvalue weighted by Gasteiger charge is 2.77. The number of halogens is 5. The molecule has 0 amide bonds. The SMILES string of the molecule is CCOc1ncc([C@@]2(F)ON(C)C[C@@]2(F)C(F)(F)F)c(OCC)n1. The van der Waals surface area contributed by atoms with Crippen LogP contribution in [0.4, 0.5) is 22.0 Å². The fourth-order valence-electron chi connectivity index (χ4n) is 2.28. The van der Waals surface area contributed by atoms with E-state index in [-0.39, 0.29) is 19.2 Å². The van der Waals surface area contributed by atoms with Crippen LogP contribution >= 0.6 is 0 Å². The molecule has 0 saturated carbocycles. The van der Waals surface area contributed by atoms with Gasteiger partial charge in [-0.05, 0) is 13.8 Å². The molecule has 1 saturated heterocycles. The molecule has 1 fully saturated rings. The molecule has 24 heavy (non-hydrogen) atoms. The van der Waals surface area contributed by atoms with Crippen molar-refractivity contribution in [3.63, 3.8) is 0 Å². The zero-order chi connectivity index (χ0) is 18.2. The van der Waals surface area contributed by atoms with E-state index in [4.69, 9.17) is 9.47 Å². The van der Waals surface area contributed by atoms with Crippen LogP contribution in [0.1, 0.15) is 19.4 Å². The molecule has 1 aromatic rings. The summed E-state index contributed by atoms with van der Waals surface area (Å²) in [6.45, 7) is 1.89. The number of ether oxygens (including phenoxy) is 2. The van der Waals surface area contributed by atoms with Crippen molar-refractivity contribution in [2.24, 2.45) is 0 Å². The second-order valence-electron chi connectivity index (χ2n) is 5.01. The Labute approximate surface area is 134 Å². The number of aromatic nitrogens is 2. The Balaban J connectivity index is 2.59. The van der Waals surface area contributed by atoms with E-state index in [2.05, 4.69) is 14.8 Å². The minimum absolute atomic E-state index is 0.0488. The summed E-state index contributed by atoms with van der Waals surface area (Å²) in [5.74, 6) is -4.48. The number of hydrogen-bond acceptors (Lipinski definition) is 6. The van der Waals surface area contributed by atoms with E-state index in [9.17, 15) is 17.6 Å². The van der Waals surface area contributed by atoms with E-state index in [0.29, 0.717) is 11.3 Å². The molecular weight excluding hydrogens is 341 g/mol. The van der Waals surface area contributed by atoms with Crippen LogP contribution in [0.15, 0.2) is 6.20 Å². The minimum Gasteiger partial charge on any atom is -0.477 e. The summed E-state index contributed by atoms with van der Waals surface area (Å²) in [5.41, 5.74) is -5.23. The van der Waals surface area contributed by atoms with E-state index in [0.717, 1.165) is 7.05 Å². The maximum absolute atomic E-state index is 15.2. The first kappa shape index (κ1) is 18.6. The van der Waals surface area contributed by atoms with Gasteiger partial charge in [0.15, 0.2) is 0 Å². The van der Waals surface area contributed by atoms with Gasteiger partial charge < -0.3 is 9.47 Å². The zero-order valence-corrected chi connectivity index (χ0v) is 13.2. The fraction of sp³-hybridized carbons (Fsp3) is 0.692. The second kappa shape index (κ2) is 6.28. The van der Waals surface area contributed by atoms with Crippen molar-refractivity contribution in [3.8, 4) is 11.9 Å². The molecule has 0 N–H and O–H groups in total. The number of rotatable bonds is 5. The molecule has 1 aromatic heterocycles. The molecule has 1 aliphatic rings. The average Bonchev–Trinajstić information content (AvgIpc) is 2.70. The number of hydroxylamine groups is 2. The maximum Gasteiger partial charge on any atom is 0.430 e. The molecule has 6 nitrogen and oxygen atoms in total. The molecule has 11 heteroatoms. The van der Waals surface area contributed by atoms with Gasteiger partial charge in [0, 0.05) is 13.2 Å². The van der Waals surface area contributed by atoms with Gasteiger partial charge in [0.25, 0.3) is 5.67 Å². The first-order valence-electron chi connectivity index (χ1n) is 7.07. The summed E-state index contributed by atoms with van der Waals surface area (Å²) in [6.07, 6.45) is -4.86. The number of hydrogen-bond donors (Lipinski definition) is 0. The van der Waals surface area contributed by atoms with Crippen LogP contribution in [0.5, 0.6) is 11.9 Å². The Bertz CT molecular complexity index is 603. The van der Waals surface area contributed by atoms with Gasteiger partial charge in [-0.2, -0.15) is 23.2 Å². The Hall–Kier alpha value is -1.75. The van der Waals surface area contributed by atoms with Gasteiger partial charge in [-0.15, -0.1) is 0 Å². The van der Waals surface area contributed by atoms with Crippen molar-refractivity contribution in [1.29, 1.82) is 0 Å². The summed E-state index contributed by atoms with van der Waals surface area (Å²) in [7, 11) is 0.983. The average molecular weight is 357 g/mol. The molecule has 2 rings (SSSR count). The van der Waals surface area contributed by atoms with Crippen molar-refractivity contribution in [2.75, 3.05) is 26.8 Å². The van der Waals surface area contributed by atoms with Gasteiger partial charge in [-0.3, -0.25) is 0 Å². The van der Waals surface area contributed by atoms with Gasteiger partial charge in [0.2, 0.25) is 5.88 Å². The van der Waals surface area contributed by atoms with Gasteiger partial charge in [-0.1, -0.05) is 0 Å². The lowest BCUT2D eigenvalue weighted by Gasteiger charge is -2.32. The predicted molar refractivity (Wildman–Crippen MR) is 70.8 cm³/mol. The predicted octanol–water partition coefficient (Wildman–Crippen LogP) is 2.54. The largest absolute Gasteiger partial charge is 0.477 e. The highest BCUT2D eigenvalue weighted by Crippen LogP contribution is 2.56. The molecule has 2 atom stereocenters. The lowest BCUT2D eigenvalue weighted by atomic mass is 9.91. The van der Waals surface area contributed by atoms with Gasteiger partial charge in [0.05, 0.1) is 19.8 Å². The van der Waals surface area contributed by atoms with Crippen LogP contribution in [0.25, 0.3) is 0 Å². The highest BCUT2D eigenvalue weighted by molar-refractivity contribution is 5.34. The monoisotopic (exact) mass is 357 g/mol. The Morgan fingerprint density at radius 2 is 1.88 bits per heavy atom. The van der Waals surface area contributed by atoms with Gasteiger partial charge in [0.1, 0.15) is 5.56 Å². The van der Waals surface area contributed by atoms with Crippen molar-refractivity contribution in [3.05, 3.63) is 11.8 Å². The Morgan fingerprint density at radius 1 is 1.25 bits per heavy atom. The Morgan fingerprint density at radius 3 is 2.42 bits per heavy atom. The molecule has 136 valence electrons. The molecule has 0 bridgehead atoms. The van der Waals surface area contributed by atoms with Crippen LogP contribution < -0.4 is 9.47 Å². The van der Waals surface area contributed by atoms with Crippen molar-refractivity contribution in [2.45, 2.75) is 31.5 Å². The lowest BCUT2D eigenvalue weighted by molar-refractivity contribution is -0.326. The smallest absolute Gasteiger partial charge is 0.430 e. The summed E-state index contributed by atoms with van der Waals surface area (Å²) in [6, 6.07) is -0.240. The highest BCUT2D eigenvalue weighted by atomic mass is 19.4. The van der Waals surface area contributed by atoms with Gasteiger partial charge >= 0.3 is 18.0 Å². The molecule has 0 radical (unpaired) electrons. The molecule has 0 spiro atoms. The number of nitrogens with zero attached hydrogens (tertiary/aromatic N) is 3. The van der Waals surface area contributed by atoms with E-state index < -0.39 is 35.7 Å². The Kier molecular flexibility index (Phi) is 4.86. The molecular formula is C13H16F5N3O3. The van der Waals surface area contributed by atoms with E-state index in [1.807, 2.05) is 0 Å². The van der Waals surface area contributed by atoms with Crippen LogP contribution in [0, 0.1) is 0 Å². The molecule has 0 aromatic carbocycles. The molecule has 0 unspecified atom stereocenters.